The minimum Gasteiger partial charge on any atom is -0.310 e. The Morgan fingerprint density at radius 2 is 1.84 bits per heavy atom. The summed E-state index contributed by atoms with van der Waals surface area (Å²) < 4.78 is 27.3. The summed E-state index contributed by atoms with van der Waals surface area (Å²) >= 11 is 0. The monoisotopic (exact) mass is 267 g/mol. The van der Waals surface area contributed by atoms with Crippen molar-refractivity contribution < 1.29 is 8.78 Å². The van der Waals surface area contributed by atoms with E-state index < -0.39 is 11.6 Å². The first-order valence-electron chi connectivity index (χ1n) is 7.27. The third-order valence-electron chi connectivity index (χ3n) is 4.41. The molecule has 2 rings (SSSR count). The molecule has 1 aliphatic carbocycles. The summed E-state index contributed by atoms with van der Waals surface area (Å²) in [6.07, 6.45) is 5.09. The van der Waals surface area contributed by atoms with E-state index in [1.54, 1.807) is 0 Å². The Labute approximate surface area is 114 Å². The zero-order valence-electron chi connectivity index (χ0n) is 11.8. The van der Waals surface area contributed by atoms with Gasteiger partial charge in [-0.25, -0.2) is 8.78 Å². The molecular formula is C16H23F2N. The molecule has 0 aromatic heterocycles. The Balaban J connectivity index is 1.95. The summed E-state index contributed by atoms with van der Waals surface area (Å²) in [5.41, 5.74) is 0.158. The fourth-order valence-electron chi connectivity index (χ4n) is 3.05. The maximum absolute atomic E-state index is 13.7. The van der Waals surface area contributed by atoms with Gasteiger partial charge in [-0.2, -0.15) is 0 Å². The zero-order chi connectivity index (χ0) is 13.8. The molecule has 1 aliphatic rings. The van der Waals surface area contributed by atoms with Gasteiger partial charge in [0.1, 0.15) is 11.6 Å². The second-order valence-corrected chi connectivity index (χ2v) is 5.79. The van der Waals surface area contributed by atoms with Gasteiger partial charge >= 0.3 is 0 Å². The molecule has 0 saturated heterocycles. The molecule has 3 unspecified atom stereocenters. The molecule has 0 spiro atoms. The van der Waals surface area contributed by atoms with E-state index in [2.05, 4.69) is 12.2 Å². The van der Waals surface area contributed by atoms with Crippen LogP contribution in [-0.4, -0.2) is 6.54 Å². The van der Waals surface area contributed by atoms with E-state index in [4.69, 9.17) is 0 Å². The van der Waals surface area contributed by atoms with E-state index in [-0.39, 0.29) is 11.6 Å². The van der Waals surface area contributed by atoms with Gasteiger partial charge in [0.2, 0.25) is 0 Å². The number of nitrogens with one attached hydrogen (secondary N) is 1. The summed E-state index contributed by atoms with van der Waals surface area (Å²) in [5.74, 6) is 0.415. The minimum absolute atomic E-state index is 0.158. The highest BCUT2D eigenvalue weighted by Gasteiger charge is 2.23. The van der Waals surface area contributed by atoms with Gasteiger partial charge < -0.3 is 5.32 Å². The molecule has 106 valence electrons. The van der Waals surface area contributed by atoms with Crippen LogP contribution in [0.4, 0.5) is 8.78 Å². The van der Waals surface area contributed by atoms with Crippen LogP contribution in [0, 0.1) is 23.5 Å². The maximum atomic E-state index is 13.7. The van der Waals surface area contributed by atoms with Gasteiger partial charge in [0, 0.05) is 11.6 Å². The van der Waals surface area contributed by atoms with Gasteiger partial charge in [0.25, 0.3) is 0 Å². The minimum atomic E-state index is -0.461. The Hall–Kier alpha value is -0.960. The molecule has 1 aromatic rings. The Bertz CT molecular complexity index is 399. The van der Waals surface area contributed by atoms with Crippen molar-refractivity contribution in [2.75, 3.05) is 6.54 Å². The zero-order valence-corrected chi connectivity index (χ0v) is 11.8. The lowest BCUT2D eigenvalue weighted by Crippen LogP contribution is -2.31. The molecule has 0 heterocycles. The van der Waals surface area contributed by atoms with Crippen molar-refractivity contribution in [1.82, 2.24) is 5.32 Å². The molecule has 0 aliphatic heterocycles. The van der Waals surface area contributed by atoms with Gasteiger partial charge in [0.05, 0.1) is 0 Å². The van der Waals surface area contributed by atoms with Crippen LogP contribution in [0.3, 0.4) is 0 Å². The highest BCUT2D eigenvalue weighted by Crippen LogP contribution is 2.29. The van der Waals surface area contributed by atoms with Crippen molar-refractivity contribution in [2.24, 2.45) is 11.8 Å². The van der Waals surface area contributed by atoms with E-state index in [0.717, 1.165) is 6.54 Å². The molecule has 1 fully saturated rings. The van der Waals surface area contributed by atoms with Crippen LogP contribution in [0.25, 0.3) is 0 Å². The number of rotatable bonds is 4. The standard InChI is InChI=1S/C16H23F2N/c1-11-6-3-4-7-13(11)10-19-12(2)16-14(17)8-5-9-15(16)18/h5,8-9,11-13,19H,3-4,6-7,10H2,1-2H3. The molecule has 1 saturated carbocycles. The van der Waals surface area contributed by atoms with Gasteiger partial charge in [-0.1, -0.05) is 32.3 Å². The van der Waals surface area contributed by atoms with Gasteiger partial charge in [-0.3, -0.25) is 0 Å². The van der Waals surface area contributed by atoms with E-state index in [9.17, 15) is 8.78 Å². The average molecular weight is 267 g/mol. The van der Waals surface area contributed by atoms with Crippen LogP contribution in [0.2, 0.25) is 0 Å². The fourth-order valence-corrected chi connectivity index (χ4v) is 3.05. The number of halogens is 2. The van der Waals surface area contributed by atoms with Crippen LogP contribution >= 0.6 is 0 Å². The van der Waals surface area contributed by atoms with Crippen LogP contribution in [0.1, 0.15) is 51.1 Å². The molecule has 3 atom stereocenters. The first-order chi connectivity index (χ1) is 9.09. The van der Waals surface area contributed by atoms with Crippen molar-refractivity contribution in [3.63, 3.8) is 0 Å². The number of benzene rings is 1. The van der Waals surface area contributed by atoms with E-state index >= 15 is 0 Å². The molecule has 1 aromatic carbocycles. The Morgan fingerprint density at radius 1 is 1.21 bits per heavy atom. The smallest absolute Gasteiger partial charge is 0.130 e. The number of hydrogen-bond donors (Lipinski definition) is 1. The van der Waals surface area contributed by atoms with Gasteiger partial charge in [-0.15, -0.1) is 0 Å². The first kappa shape index (κ1) is 14.4. The SMILES string of the molecule is CC(NCC1CCCCC1C)c1c(F)cccc1F. The molecule has 3 heteroatoms. The highest BCUT2D eigenvalue weighted by molar-refractivity contribution is 5.22. The highest BCUT2D eigenvalue weighted by atomic mass is 19.1. The van der Waals surface area contributed by atoms with Crippen LogP contribution in [0.15, 0.2) is 18.2 Å². The van der Waals surface area contributed by atoms with Crippen molar-refractivity contribution in [1.29, 1.82) is 0 Å². The van der Waals surface area contributed by atoms with E-state index in [0.29, 0.717) is 11.8 Å². The predicted molar refractivity (Wildman–Crippen MR) is 73.9 cm³/mol. The van der Waals surface area contributed by atoms with Crippen LogP contribution in [0.5, 0.6) is 0 Å². The maximum Gasteiger partial charge on any atom is 0.130 e. The summed E-state index contributed by atoms with van der Waals surface area (Å²) in [6, 6.07) is 3.76. The number of hydrogen-bond acceptors (Lipinski definition) is 1. The van der Waals surface area contributed by atoms with Gasteiger partial charge in [-0.05, 0) is 43.9 Å². The molecule has 0 amide bonds. The van der Waals surface area contributed by atoms with Gasteiger partial charge in [0.15, 0.2) is 0 Å². The lowest BCUT2D eigenvalue weighted by molar-refractivity contribution is 0.241. The molecule has 0 bridgehead atoms. The lowest BCUT2D eigenvalue weighted by atomic mass is 9.80. The molecule has 0 radical (unpaired) electrons. The Morgan fingerprint density at radius 3 is 2.47 bits per heavy atom. The predicted octanol–water partition coefficient (Wildman–Crippen LogP) is 4.44. The van der Waals surface area contributed by atoms with Crippen molar-refractivity contribution in [3.05, 3.63) is 35.4 Å². The third kappa shape index (κ3) is 3.53. The molecule has 1 N–H and O–H groups in total. The Kier molecular flexibility index (Phi) is 4.92. The summed E-state index contributed by atoms with van der Waals surface area (Å²) in [4.78, 5) is 0. The van der Waals surface area contributed by atoms with Crippen molar-refractivity contribution in [2.45, 2.75) is 45.6 Å². The largest absolute Gasteiger partial charge is 0.310 e. The summed E-state index contributed by atoms with van der Waals surface area (Å²) in [6.45, 7) is 4.95. The van der Waals surface area contributed by atoms with Crippen LogP contribution < -0.4 is 5.32 Å². The summed E-state index contributed by atoms with van der Waals surface area (Å²) in [7, 11) is 0. The van der Waals surface area contributed by atoms with Crippen molar-refractivity contribution >= 4 is 0 Å². The molecule has 1 nitrogen and oxygen atoms in total. The summed E-state index contributed by atoms with van der Waals surface area (Å²) in [5, 5.41) is 3.30. The quantitative estimate of drug-likeness (QED) is 0.850. The van der Waals surface area contributed by atoms with Crippen molar-refractivity contribution in [3.8, 4) is 0 Å². The molecule has 19 heavy (non-hydrogen) atoms. The third-order valence-corrected chi connectivity index (χ3v) is 4.41. The second kappa shape index (κ2) is 6.47. The topological polar surface area (TPSA) is 12.0 Å². The fraction of sp³-hybridized carbons (Fsp3) is 0.625. The molecular weight excluding hydrogens is 244 g/mol. The van der Waals surface area contributed by atoms with E-state index in [1.165, 1.54) is 43.9 Å². The van der Waals surface area contributed by atoms with E-state index in [1.807, 2.05) is 6.92 Å². The normalized spacial score (nSPS) is 25.3. The van der Waals surface area contributed by atoms with Crippen LogP contribution in [-0.2, 0) is 0 Å². The second-order valence-electron chi connectivity index (χ2n) is 5.79. The average Bonchev–Trinajstić information content (AvgIpc) is 2.37. The first-order valence-corrected chi connectivity index (χ1v) is 7.27. The lowest BCUT2D eigenvalue weighted by Gasteiger charge is -2.30.